The molecule has 0 atom stereocenters. The highest BCUT2D eigenvalue weighted by Gasteiger charge is 2.17. The van der Waals surface area contributed by atoms with Crippen molar-refractivity contribution in [1.82, 2.24) is 9.97 Å². The molecule has 7 heteroatoms. The van der Waals surface area contributed by atoms with Crippen molar-refractivity contribution in [2.24, 2.45) is 0 Å². The maximum Gasteiger partial charge on any atom is 0.256 e. The third kappa shape index (κ3) is 2.48. The van der Waals surface area contributed by atoms with E-state index >= 15 is 0 Å². The van der Waals surface area contributed by atoms with Gasteiger partial charge in [-0.15, -0.1) is 0 Å². The van der Waals surface area contributed by atoms with Crippen molar-refractivity contribution in [2.75, 3.05) is 12.9 Å². The van der Waals surface area contributed by atoms with Gasteiger partial charge in [0.05, 0.1) is 24.5 Å². The van der Waals surface area contributed by atoms with Crippen LogP contribution < -0.4 is 5.56 Å². The summed E-state index contributed by atoms with van der Waals surface area (Å²) in [6, 6.07) is 0. The predicted octanol–water partition coefficient (Wildman–Crippen LogP) is -0.613. The molecule has 16 heavy (non-hydrogen) atoms. The van der Waals surface area contributed by atoms with Gasteiger partial charge in [0.15, 0.2) is 9.84 Å². The lowest BCUT2D eigenvalue weighted by Gasteiger charge is -2.14. The summed E-state index contributed by atoms with van der Waals surface area (Å²) in [5.41, 5.74) is 0.848. The number of aromatic amines is 1. The molecule has 6 nitrogen and oxygen atoms in total. The van der Waals surface area contributed by atoms with Crippen molar-refractivity contribution in [1.29, 1.82) is 0 Å². The normalized spacial score (nSPS) is 15.8. The van der Waals surface area contributed by atoms with Crippen molar-refractivity contribution in [3.8, 4) is 0 Å². The van der Waals surface area contributed by atoms with Gasteiger partial charge in [0.2, 0.25) is 0 Å². The molecule has 0 amide bonds. The van der Waals surface area contributed by atoms with E-state index in [0.717, 1.165) is 6.26 Å². The largest absolute Gasteiger partial charge is 0.376 e. The van der Waals surface area contributed by atoms with Crippen molar-refractivity contribution in [2.45, 2.75) is 18.8 Å². The van der Waals surface area contributed by atoms with Gasteiger partial charge in [-0.25, -0.2) is 13.4 Å². The number of fused-ring (bicyclic) bond motifs is 1. The van der Waals surface area contributed by atoms with Crippen molar-refractivity contribution >= 4 is 9.84 Å². The molecule has 2 heterocycles. The number of aromatic nitrogens is 2. The summed E-state index contributed by atoms with van der Waals surface area (Å²) in [7, 11) is -3.18. The van der Waals surface area contributed by atoms with Crippen LogP contribution in [0.15, 0.2) is 4.79 Å². The second-order valence-corrected chi connectivity index (χ2v) is 5.95. The molecule has 1 aliphatic heterocycles. The fraction of sp³-hybridized carbons (Fsp3) is 0.556. The van der Waals surface area contributed by atoms with E-state index in [1.807, 2.05) is 0 Å². The monoisotopic (exact) mass is 244 g/mol. The van der Waals surface area contributed by atoms with E-state index < -0.39 is 9.84 Å². The lowest BCUT2D eigenvalue weighted by molar-refractivity contribution is 0.108. The van der Waals surface area contributed by atoms with Crippen LogP contribution in [-0.4, -0.2) is 31.2 Å². The van der Waals surface area contributed by atoms with E-state index in [1.54, 1.807) is 0 Å². The Kier molecular flexibility index (Phi) is 2.81. The van der Waals surface area contributed by atoms with Crippen molar-refractivity contribution in [3.63, 3.8) is 0 Å². The minimum Gasteiger partial charge on any atom is -0.376 e. The van der Waals surface area contributed by atoms with E-state index in [-0.39, 0.29) is 23.7 Å². The van der Waals surface area contributed by atoms with Crippen LogP contribution in [-0.2, 0) is 33.4 Å². The third-order valence-corrected chi connectivity index (χ3v) is 3.08. The number of rotatable bonds is 2. The Morgan fingerprint density at radius 1 is 1.50 bits per heavy atom. The number of ether oxygens (including phenoxy) is 1. The first-order valence-corrected chi connectivity index (χ1v) is 6.88. The Balaban J connectivity index is 2.43. The van der Waals surface area contributed by atoms with Crippen LogP contribution in [0.2, 0.25) is 0 Å². The standard InChI is InChI=1S/C9H12N2O4S/c1-16(13,14)5-8-10-7-2-3-15-4-6(7)9(12)11-8/h2-5H2,1H3,(H,10,11,12). The zero-order valence-electron chi connectivity index (χ0n) is 8.82. The molecular formula is C9H12N2O4S. The Morgan fingerprint density at radius 2 is 2.25 bits per heavy atom. The number of hydrogen-bond acceptors (Lipinski definition) is 5. The number of sulfone groups is 1. The molecule has 0 aliphatic carbocycles. The number of nitrogens with one attached hydrogen (secondary N) is 1. The van der Waals surface area contributed by atoms with Gasteiger partial charge >= 0.3 is 0 Å². The van der Waals surface area contributed by atoms with E-state index in [9.17, 15) is 13.2 Å². The van der Waals surface area contributed by atoms with E-state index in [0.29, 0.717) is 24.3 Å². The van der Waals surface area contributed by atoms with Crippen molar-refractivity contribution < 1.29 is 13.2 Å². The Labute approximate surface area is 92.6 Å². The van der Waals surface area contributed by atoms with E-state index in [1.165, 1.54) is 0 Å². The van der Waals surface area contributed by atoms with Crippen LogP contribution in [0.1, 0.15) is 17.1 Å². The molecule has 1 aromatic heterocycles. The zero-order valence-corrected chi connectivity index (χ0v) is 9.63. The molecule has 0 spiro atoms. The van der Waals surface area contributed by atoms with Crippen LogP contribution in [0.3, 0.4) is 0 Å². The quantitative estimate of drug-likeness (QED) is 0.749. The van der Waals surface area contributed by atoms with Gasteiger partial charge in [-0.3, -0.25) is 4.79 Å². The molecule has 88 valence electrons. The summed E-state index contributed by atoms with van der Waals surface area (Å²) < 4.78 is 27.3. The van der Waals surface area contributed by atoms with Gasteiger partial charge in [0.1, 0.15) is 11.6 Å². The van der Waals surface area contributed by atoms with Gasteiger partial charge in [-0.05, 0) is 0 Å². The molecule has 1 N–H and O–H groups in total. The topological polar surface area (TPSA) is 89.1 Å². The van der Waals surface area contributed by atoms with Crippen LogP contribution in [0.25, 0.3) is 0 Å². The molecule has 1 aromatic rings. The molecule has 1 aliphatic rings. The Bertz CT molecular complexity index is 561. The highest BCUT2D eigenvalue weighted by Crippen LogP contribution is 2.10. The van der Waals surface area contributed by atoms with Gasteiger partial charge in [-0.1, -0.05) is 0 Å². The molecule has 2 rings (SSSR count). The lowest BCUT2D eigenvalue weighted by Crippen LogP contribution is -2.26. The van der Waals surface area contributed by atoms with Crippen molar-refractivity contribution in [3.05, 3.63) is 27.4 Å². The van der Waals surface area contributed by atoms with Gasteiger partial charge in [-0.2, -0.15) is 0 Å². The van der Waals surface area contributed by atoms with E-state index in [4.69, 9.17) is 4.74 Å². The minimum absolute atomic E-state index is 0.202. The van der Waals surface area contributed by atoms with Gasteiger partial charge in [0, 0.05) is 12.7 Å². The summed E-state index contributed by atoms with van der Waals surface area (Å²) in [4.78, 5) is 18.2. The number of nitrogens with zero attached hydrogens (tertiary/aromatic N) is 1. The molecule has 0 fully saturated rings. The highest BCUT2D eigenvalue weighted by molar-refractivity contribution is 7.89. The number of H-pyrrole nitrogens is 1. The van der Waals surface area contributed by atoms with Crippen LogP contribution in [0, 0.1) is 0 Å². The van der Waals surface area contributed by atoms with Crippen LogP contribution in [0.5, 0.6) is 0 Å². The SMILES string of the molecule is CS(=O)(=O)Cc1nc2c(c(=O)[nH]1)COCC2. The van der Waals surface area contributed by atoms with Crippen LogP contribution >= 0.6 is 0 Å². The molecule has 0 unspecified atom stereocenters. The smallest absolute Gasteiger partial charge is 0.256 e. The second kappa shape index (κ2) is 3.99. The Hall–Kier alpha value is -1.21. The lowest BCUT2D eigenvalue weighted by atomic mass is 10.1. The fourth-order valence-corrected chi connectivity index (χ4v) is 2.24. The molecule has 0 aromatic carbocycles. The highest BCUT2D eigenvalue weighted by atomic mass is 32.2. The molecule has 0 bridgehead atoms. The summed E-state index contributed by atoms with van der Waals surface area (Å²) in [6.07, 6.45) is 1.66. The maximum absolute atomic E-state index is 11.6. The first-order chi connectivity index (χ1) is 7.46. The zero-order chi connectivity index (χ0) is 11.8. The van der Waals surface area contributed by atoms with Gasteiger partial charge in [0.25, 0.3) is 5.56 Å². The summed E-state index contributed by atoms with van der Waals surface area (Å²) in [5, 5.41) is 0. The average Bonchev–Trinajstić information content (AvgIpc) is 2.15. The number of hydrogen-bond donors (Lipinski definition) is 1. The first-order valence-electron chi connectivity index (χ1n) is 4.82. The molecule has 0 radical (unpaired) electrons. The average molecular weight is 244 g/mol. The molecule has 0 saturated heterocycles. The fourth-order valence-electron chi connectivity index (χ4n) is 1.61. The molecule has 0 saturated carbocycles. The van der Waals surface area contributed by atoms with E-state index in [2.05, 4.69) is 9.97 Å². The second-order valence-electron chi connectivity index (χ2n) is 3.81. The summed E-state index contributed by atoms with van der Waals surface area (Å²) >= 11 is 0. The summed E-state index contributed by atoms with van der Waals surface area (Å²) in [6.45, 7) is 0.762. The minimum atomic E-state index is -3.18. The Morgan fingerprint density at radius 3 is 2.94 bits per heavy atom. The van der Waals surface area contributed by atoms with Crippen LogP contribution in [0.4, 0.5) is 0 Å². The van der Waals surface area contributed by atoms with Gasteiger partial charge < -0.3 is 9.72 Å². The maximum atomic E-state index is 11.6. The predicted molar refractivity (Wildman–Crippen MR) is 56.8 cm³/mol. The summed E-state index contributed by atoms with van der Waals surface area (Å²) in [5.74, 6) is -0.0377. The first kappa shape index (κ1) is 11.3. The third-order valence-electron chi connectivity index (χ3n) is 2.28. The molecular weight excluding hydrogens is 232 g/mol.